The van der Waals surface area contributed by atoms with Crippen LogP contribution < -0.4 is 10.6 Å². The van der Waals surface area contributed by atoms with Crippen molar-refractivity contribution in [3.05, 3.63) is 71.3 Å². The first-order valence-corrected chi connectivity index (χ1v) is 10.7. The molecule has 2 aromatic carbocycles. The van der Waals surface area contributed by atoms with Crippen molar-refractivity contribution in [1.82, 2.24) is 10.6 Å². The highest BCUT2D eigenvalue weighted by atomic mass is 16.5. The molecule has 2 aromatic rings. The molecule has 0 aliphatic rings. The minimum absolute atomic E-state index is 0.121. The summed E-state index contributed by atoms with van der Waals surface area (Å²) in [5.74, 6) is -1.60. The molecular formula is C25H32N2O4. The highest BCUT2D eigenvalue weighted by molar-refractivity contribution is 5.97. The number of carbonyl (C=O) groups excluding carboxylic acids is 3. The number of ether oxygens (including phenoxy) is 1. The Hall–Kier alpha value is -3.15. The van der Waals surface area contributed by atoms with Gasteiger partial charge in [0.2, 0.25) is 5.91 Å². The first-order valence-electron chi connectivity index (χ1n) is 10.7. The first kappa shape index (κ1) is 24.1. The predicted octanol–water partition coefficient (Wildman–Crippen LogP) is 3.29. The molecular weight excluding hydrogens is 392 g/mol. The summed E-state index contributed by atoms with van der Waals surface area (Å²) >= 11 is 0. The van der Waals surface area contributed by atoms with Crippen LogP contribution in [0.4, 0.5) is 0 Å². The van der Waals surface area contributed by atoms with Crippen molar-refractivity contribution in [2.45, 2.75) is 40.2 Å². The summed E-state index contributed by atoms with van der Waals surface area (Å²) in [7, 11) is 0. The van der Waals surface area contributed by atoms with Crippen molar-refractivity contribution in [3.8, 4) is 0 Å². The lowest BCUT2D eigenvalue weighted by Gasteiger charge is -2.23. The summed E-state index contributed by atoms with van der Waals surface area (Å²) < 4.78 is 5.19. The van der Waals surface area contributed by atoms with E-state index in [2.05, 4.69) is 10.6 Å². The largest absolute Gasteiger partial charge is 0.466 e. The van der Waals surface area contributed by atoms with Gasteiger partial charge in [0.05, 0.1) is 12.5 Å². The van der Waals surface area contributed by atoms with E-state index in [0.717, 1.165) is 11.1 Å². The van der Waals surface area contributed by atoms with Crippen LogP contribution in [0.25, 0.3) is 0 Å². The van der Waals surface area contributed by atoms with Crippen LogP contribution in [0.2, 0.25) is 0 Å². The molecule has 0 saturated carbocycles. The monoisotopic (exact) mass is 424 g/mol. The molecule has 0 unspecified atom stereocenters. The Morgan fingerprint density at radius 3 is 2.32 bits per heavy atom. The molecule has 0 saturated heterocycles. The van der Waals surface area contributed by atoms with Crippen LogP contribution in [0.5, 0.6) is 0 Å². The third kappa shape index (κ3) is 7.55. The molecule has 0 spiro atoms. The van der Waals surface area contributed by atoms with Crippen LogP contribution in [0.15, 0.2) is 54.6 Å². The summed E-state index contributed by atoms with van der Waals surface area (Å²) in [6.07, 6.45) is 0.460. The minimum atomic E-state index is -0.715. The average molecular weight is 425 g/mol. The second-order valence-corrected chi connectivity index (χ2v) is 7.95. The Labute approximate surface area is 184 Å². The van der Waals surface area contributed by atoms with Gasteiger partial charge in [-0.15, -0.1) is 0 Å². The van der Waals surface area contributed by atoms with Crippen LogP contribution in [0, 0.1) is 18.8 Å². The second-order valence-electron chi connectivity index (χ2n) is 7.95. The number of rotatable bonds is 10. The number of amides is 2. The van der Waals surface area contributed by atoms with Crippen LogP contribution in [-0.2, 0) is 20.7 Å². The van der Waals surface area contributed by atoms with Gasteiger partial charge in [-0.1, -0.05) is 61.9 Å². The van der Waals surface area contributed by atoms with Crippen molar-refractivity contribution in [3.63, 3.8) is 0 Å². The van der Waals surface area contributed by atoms with E-state index in [1.807, 2.05) is 63.2 Å². The number of hydrogen-bond donors (Lipinski definition) is 2. The molecule has 0 aromatic heterocycles. The Kier molecular flexibility index (Phi) is 9.25. The highest BCUT2D eigenvalue weighted by Crippen LogP contribution is 2.12. The van der Waals surface area contributed by atoms with Crippen LogP contribution in [0.3, 0.4) is 0 Å². The number of carbonyl (C=O) groups is 3. The Balaban J connectivity index is 2.05. The van der Waals surface area contributed by atoms with E-state index >= 15 is 0 Å². The van der Waals surface area contributed by atoms with E-state index < -0.39 is 12.0 Å². The topological polar surface area (TPSA) is 84.5 Å². The molecule has 0 aliphatic carbocycles. The number of hydrogen-bond acceptors (Lipinski definition) is 4. The van der Waals surface area contributed by atoms with Gasteiger partial charge in [0.15, 0.2) is 0 Å². The number of aryl methyl sites for hydroxylation is 1. The quantitative estimate of drug-likeness (QED) is 0.573. The second kappa shape index (κ2) is 11.9. The molecule has 2 rings (SSSR count). The molecule has 2 amide bonds. The summed E-state index contributed by atoms with van der Waals surface area (Å²) in [4.78, 5) is 37.9. The molecule has 0 bridgehead atoms. The van der Waals surface area contributed by atoms with Gasteiger partial charge in [-0.2, -0.15) is 0 Å². The van der Waals surface area contributed by atoms with Gasteiger partial charge < -0.3 is 15.4 Å². The summed E-state index contributed by atoms with van der Waals surface area (Å²) in [6, 6.07) is 16.1. The van der Waals surface area contributed by atoms with Gasteiger partial charge >= 0.3 is 5.97 Å². The lowest BCUT2D eigenvalue weighted by Crippen LogP contribution is -2.51. The van der Waals surface area contributed by atoms with E-state index in [-0.39, 0.29) is 36.9 Å². The molecule has 0 radical (unpaired) electrons. The molecule has 166 valence electrons. The molecule has 0 heterocycles. The van der Waals surface area contributed by atoms with Gasteiger partial charge in [0.25, 0.3) is 5.91 Å². The van der Waals surface area contributed by atoms with Gasteiger partial charge in [-0.3, -0.25) is 14.4 Å². The number of benzene rings is 2. The molecule has 31 heavy (non-hydrogen) atoms. The van der Waals surface area contributed by atoms with Crippen molar-refractivity contribution in [1.29, 1.82) is 0 Å². The van der Waals surface area contributed by atoms with Gasteiger partial charge in [0.1, 0.15) is 6.04 Å². The zero-order valence-corrected chi connectivity index (χ0v) is 18.7. The fourth-order valence-corrected chi connectivity index (χ4v) is 3.28. The Morgan fingerprint density at radius 2 is 1.71 bits per heavy atom. The van der Waals surface area contributed by atoms with Crippen LogP contribution in [-0.4, -0.2) is 37.0 Å². The number of nitrogens with one attached hydrogen (secondary N) is 2. The van der Waals surface area contributed by atoms with Crippen molar-refractivity contribution in [2.75, 3.05) is 13.2 Å². The molecule has 6 nitrogen and oxygen atoms in total. The molecule has 2 N–H and O–H groups in total. The van der Waals surface area contributed by atoms with E-state index in [1.165, 1.54) is 0 Å². The normalized spacial score (nSPS) is 12.7. The Morgan fingerprint density at radius 1 is 1.00 bits per heavy atom. The molecule has 0 aliphatic heterocycles. The van der Waals surface area contributed by atoms with Crippen molar-refractivity contribution < 1.29 is 19.1 Å². The zero-order chi connectivity index (χ0) is 22.8. The maximum atomic E-state index is 12.9. The Bertz CT molecular complexity index is 880. The van der Waals surface area contributed by atoms with Crippen molar-refractivity contribution in [2.24, 2.45) is 11.8 Å². The maximum absolute atomic E-state index is 12.9. The SMILES string of the molecule is CCOC(=O)[C@H](CNC(=O)[C@H](NC(=O)c1cccc(C)c1)C(C)C)Cc1ccccc1. The van der Waals surface area contributed by atoms with E-state index in [1.54, 1.807) is 19.1 Å². The third-order valence-corrected chi connectivity index (χ3v) is 4.98. The highest BCUT2D eigenvalue weighted by Gasteiger charge is 2.27. The van der Waals surface area contributed by atoms with Crippen LogP contribution >= 0.6 is 0 Å². The van der Waals surface area contributed by atoms with E-state index in [4.69, 9.17) is 4.74 Å². The standard InChI is InChI=1S/C25H32N2O4/c1-5-31-25(30)21(15-19-11-7-6-8-12-19)16-26-24(29)22(17(2)3)27-23(28)20-13-9-10-18(4)14-20/h6-14,17,21-22H,5,15-16H2,1-4H3,(H,26,29)(H,27,28)/t21-,22+/m0/s1. The van der Waals surface area contributed by atoms with Gasteiger partial charge in [0, 0.05) is 12.1 Å². The molecule has 6 heteroatoms. The zero-order valence-electron chi connectivity index (χ0n) is 18.7. The number of esters is 1. The summed E-state index contributed by atoms with van der Waals surface area (Å²) in [5, 5.41) is 5.66. The van der Waals surface area contributed by atoms with Crippen LogP contribution in [0.1, 0.15) is 42.3 Å². The summed E-state index contributed by atoms with van der Waals surface area (Å²) in [6.45, 7) is 7.81. The fraction of sp³-hybridized carbons (Fsp3) is 0.400. The fourth-order valence-electron chi connectivity index (χ4n) is 3.28. The minimum Gasteiger partial charge on any atom is -0.466 e. The summed E-state index contributed by atoms with van der Waals surface area (Å²) in [5.41, 5.74) is 2.46. The van der Waals surface area contributed by atoms with E-state index in [0.29, 0.717) is 12.0 Å². The lowest BCUT2D eigenvalue weighted by molar-refractivity contribution is -0.147. The van der Waals surface area contributed by atoms with Gasteiger partial charge in [-0.05, 0) is 43.9 Å². The molecule has 0 fully saturated rings. The predicted molar refractivity (Wildman–Crippen MR) is 121 cm³/mol. The van der Waals surface area contributed by atoms with Crippen molar-refractivity contribution >= 4 is 17.8 Å². The maximum Gasteiger partial charge on any atom is 0.311 e. The molecule has 2 atom stereocenters. The smallest absolute Gasteiger partial charge is 0.311 e. The van der Waals surface area contributed by atoms with E-state index in [9.17, 15) is 14.4 Å². The average Bonchev–Trinajstić information content (AvgIpc) is 2.75. The first-order chi connectivity index (χ1) is 14.8. The van der Waals surface area contributed by atoms with Gasteiger partial charge in [-0.25, -0.2) is 0 Å². The lowest BCUT2D eigenvalue weighted by atomic mass is 9.98. The third-order valence-electron chi connectivity index (χ3n) is 4.98.